The van der Waals surface area contributed by atoms with Gasteiger partial charge in [-0.3, -0.25) is 9.10 Å². The monoisotopic (exact) mass is 372 g/mol. The summed E-state index contributed by atoms with van der Waals surface area (Å²) < 4.78 is 35.2. The Morgan fingerprint density at radius 2 is 1.88 bits per heavy atom. The number of carbonyl (C=O) groups excluding carboxylic acids is 1. The zero-order chi connectivity index (χ0) is 18.9. The Labute approximate surface area is 150 Å². The topological polar surface area (TPSA) is 84.9 Å². The first-order valence-electron chi connectivity index (χ1n) is 8.35. The minimum absolute atomic E-state index is 0.170. The summed E-state index contributed by atoms with van der Waals surface area (Å²) in [6.45, 7) is 5.62. The molecule has 0 saturated heterocycles. The molecule has 1 amide bonds. The molecule has 0 spiro atoms. The Hall–Kier alpha value is -1.80. The van der Waals surface area contributed by atoms with Crippen LogP contribution in [-0.2, 0) is 19.6 Å². The van der Waals surface area contributed by atoms with Crippen molar-refractivity contribution in [3.05, 3.63) is 24.3 Å². The van der Waals surface area contributed by atoms with E-state index in [0.29, 0.717) is 37.6 Å². The quantitative estimate of drug-likeness (QED) is 0.599. The van der Waals surface area contributed by atoms with Crippen LogP contribution in [0.4, 0.5) is 5.69 Å². The van der Waals surface area contributed by atoms with E-state index in [-0.39, 0.29) is 5.91 Å². The van der Waals surface area contributed by atoms with Crippen molar-refractivity contribution >= 4 is 21.6 Å². The lowest BCUT2D eigenvalue weighted by molar-refractivity contribution is -0.128. The number of anilines is 1. The third-order valence-corrected chi connectivity index (χ3v) is 4.81. The van der Waals surface area contributed by atoms with Gasteiger partial charge in [0.2, 0.25) is 10.0 Å². The molecule has 142 valence electrons. The van der Waals surface area contributed by atoms with Crippen molar-refractivity contribution in [2.45, 2.75) is 32.8 Å². The first kappa shape index (κ1) is 21.2. The number of benzene rings is 1. The van der Waals surface area contributed by atoms with Crippen molar-refractivity contribution in [1.29, 1.82) is 0 Å². The highest BCUT2D eigenvalue weighted by Crippen LogP contribution is 2.21. The molecule has 0 radical (unpaired) electrons. The molecule has 1 atom stereocenters. The zero-order valence-electron chi connectivity index (χ0n) is 15.3. The van der Waals surface area contributed by atoms with Gasteiger partial charge in [-0.05, 0) is 44.0 Å². The van der Waals surface area contributed by atoms with Crippen LogP contribution in [-0.4, -0.2) is 53.5 Å². The molecule has 1 aromatic rings. The first-order chi connectivity index (χ1) is 11.8. The summed E-state index contributed by atoms with van der Waals surface area (Å²) in [7, 11) is -1.83. The number of ether oxygens (including phenoxy) is 2. The molecule has 25 heavy (non-hydrogen) atoms. The molecule has 0 heterocycles. The second kappa shape index (κ2) is 10.2. The van der Waals surface area contributed by atoms with Crippen LogP contribution >= 0.6 is 0 Å². The third kappa shape index (κ3) is 7.31. The molecule has 1 rings (SSSR count). The van der Waals surface area contributed by atoms with Gasteiger partial charge in [-0.25, -0.2) is 8.42 Å². The highest BCUT2D eigenvalue weighted by molar-refractivity contribution is 7.92. The Morgan fingerprint density at radius 3 is 2.40 bits per heavy atom. The van der Waals surface area contributed by atoms with Crippen LogP contribution in [0.15, 0.2) is 24.3 Å². The molecule has 1 unspecified atom stereocenters. The van der Waals surface area contributed by atoms with Crippen molar-refractivity contribution in [1.82, 2.24) is 5.32 Å². The zero-order valence-corrected chi connectivity index (χ0v) is 16.1. The van der Waals surface area contributed by atoms with Gasteiger partial charge >= 0.3 is 0 Å². The van der Waals surface area contributed by atoms with Crippen molar-refractivity contribution in [2.24, 2.45) is 0 Å². The SMILES string of the molecule is CCOCCCNC(=O)C(CC)Oc1ccc(N(C)S(C)(=O)=O)cc1. The highest BCUT2D eigenvalue weighted by Gasteiger charge is 2.18. The van der Waals surface area contributed by atoms with Crippen LogP contribution in [0.5, 0.6) is 5.75 Å². The van der Waals surface area contributed by atoms with Crippen molar-refractivity contribution < 1.29 is 22.7 Å². The number of sulfonamides is 1. The highest BCUT2D eigenvalue weighted by atomic mass is 32.2. The summed E-state index contributed by atoms with van der Waals surface area (Å²) in [4.78, 5) is 12.2. The molecule has 0 aliphatic rings. The molecule has 7 nitrogen and oxygen atoms in total. The van der Waals surface area contributed by atoms with Gasteiger partial charge in [-0.2, -0.15) is 0 Å². The summed E-state index contributed by atoms with van der Waals surface area (Å²) in [5.74, 6) is 0.346. The standard InChI is InChI=1S/C17H28N2O5S/c1-5-16(17(20)18-12-7-13-23-6-2)24-15-10-8-14(9-11-15)19(3)25(4,21)22/h8-11,16H,5-7,12-13H2,1-4H3,(H,18,20). The second-order valence-electron chi connectivity index (χ2n) is 5.58. The maximum absolute atomic E-state index is 12.2. The van der Waals surface area contributed by atoms with E-state index in [9.17, 15) is 13.2 Å². The Balaban J connectivity index is 2.58. The fourth-order valence-corrected chi connectivity index (χ4v) is 2.56. The average Bonchev–Trinajstić information content (AvgIpc) is 2.58. The third-order valence-electron chi connectivity index (χ3n) is 3.61. The average molecular weight is 372 g/mol. The fraction of sp³-hybridized carbons (Fsp3) is 0.588. The smallest absolute Gasteiger partial charge is 0.261 e. The number of carbonyl (C=O) groups is 1. The van der Waals surface area contributed by atoms with Gasteiger partial charge in [0.05, 0.1) is 11.9 Å². The number of amides is 1. The number of nitrogens with zero attached hydrogens (tertiary/aromatic N) is 1. The lowest BCUT2D eigenvalue weighted by Gasteiger charge is -2.19. The van der Waals surface area contributed by atoms with Crippen LogP contribution < -0.4 is 14.4 Å². The minimum atomic E-state index is -3.31. The summed E-state index contributed by atoms with van der Waals surface area (Å²) in [6.07, 6.45) is 1.83. The maximum atomic E-state index is 12.2. The normalized spacial score (nSPS) is 12.5. The minimum Gasteiger partial charge on any atom is -0.481 e. The summed E-state index contributed by atoms with van der Waals surface area (Å²) in [5, 5.41) is 2.83. The van der Waals surface area contributed by atoms with E-state index >= 15 is 0 Å². The fourth-order valence-electron chi connectivity index (χ4n) is 2.06. The van der Waals surface area contributed by atoms with Crippen LogP contribution in [0.25, 0.3) is 0 Å². The molecule has 0 fully saturated rings. The van der Waals surface area contributed by atoms with E-state index in [1.807, 2.05) is 13.8 Å². The second-order valence-corrected chi connectivity index (χ2v) is 7.59. The molecule has 1 aromatic carbocycles. The van der Waals surface area contributed by atoms with Crippen LogP contribution in [0, 0.1) is 0 Å². The van der Waals surface area contributed by atoms with E-state index in [1.165, 1.54) is 11.4 Å². The largest absolute Gasteiger partial charge is 0.481 e. The lowest BCUT2D eigenvalue weighted by Crippen LogP contribution is -2.38. The van der Waals surface area contributed by atoms with Crippen LogP contribution in [0.2, 0.25) is 0 Å². The predicted molar refractivity (Wildman–Crippen MR) is 98.5 cm³/mol. The molecule has 0 bridgehead atoms. The Kier molecular flexibility index (Phi) is 8.71. The number of hydrogen-bond donors (Lipinski definition) is 1. The summed E-state index contributed by atoms with van der Waals surface area (Å²) >= 11 is 0. The van der Waals surface area contributed by atoms with Gasteiger partial charge in [-0.1, -0.05) is 6.92 Å². The van der Waals surface area contributed by atoms with E-state index in [2.05, 4.69) is 5.32 Å². The van der Waals surface area contributed by atoms with Crippen molar-refractivity contribution in [2.75, 3.05) is 37.4 Å². The molecule has 0 aliphatic heterocycles. The molecule has 0 saturated carbocycles. The molecule has 0 aliphatic carbocycles. The predicted octanol–water partition coefficient (Wildman–Crippen LogP) is 1.78. The number of hydrogen-bond acceptors (Lipinski definition) is 5. The lowest BCUT2D eigenvalue weighted by atomic mass is 10.2. The molecule has 1 N–H and O–H groups in total. The molecule has 0 aromatic heterocycles. The van der Waals surface area contributed by atoms with Gasteiger partial charge in [0.25, 0.3) is 5.91 Å². The van der Waals surface area contributed by atoms with Gasteiger partial charge in [0.1, 0.15) is 5.75 Å². The van der Waals surface area contributed by atoms with E-state index in [0.717, 1.165) is 12.7 Å². The number of nitrogens with one attached hydrogen (secondary N) is 1. The van der Waals surface area contributed by atoms with Gasteiger partial charge in [0, 0.05) is 26.8 Å². The van der Waals surface area contributed by atoms with Crippen LogP contribution in [0.3, 0.4) is 0 Å². The van der Waals surface area contributed by atoms with Gasteiger partial charge < -0.3 is 14.8 Å². The Bertz CT molecular complexity index is 631. The van der Waals surface area contributed by atoms with Crippen molar-refractivity contribution in [3.8, 4) is 5.75 Å². The maximum Gasteiger partial charge on any atom is 0.261 e. The van der Waals surface area contributed by atoms with Gasteiger partial charge in [-0.15, -0.1) is 0 Å². The van der Waals surface area contributed by atoms with E-state index in [4.69, 9.17) is 9.47 Å². The molecule has 8 heteroatoms. The Morgan fingerprint density at radius 1 is 1.24 bits per heavy atom. The van der Waals surface area contributed by atoms with E-state index < -0.39 is 16.1 Å². The summed E-state index contributed by atoms with van der Waals surface area (Å²) in [5.41, 5.74) is 0.531. The molecular weight excluding hydrogens is 344 g/mol. The summed E-state index contributed by atoms with van der Waals surface area (Å²) in [6, 6.07) is 6.59. The number of rotatable bonds is 11. The van der Waals surface area contributed by atoms with E-state index in [1.54, 1.807) is 24.3 Å². The van der Waals surface area contributed by atoms with Gasteiger partial charge in [0.15, 0.2) is 6.10 Å². The van der Waals surface area contributed by atoms with Crippen molar-refractivity contribution in [3.63, 3.8) is 0 Å². The van der Waals surface area contributed by atoms with Crippen LogP contribution in [0.1, 0.15) is 26.7 Å². The first-order valence-corrected chi connectivity index (χ1v) is 10.2. The molecular formula is C17H28N2O5S.